The van der Waals surface area contributed by atoms with Crippen molar-refractivity contribution in [1.29, 1.82) is 5.26 Å². The molecule has 0 spiro atoms. The van der Waals surface area contributed by atoms with E-state index in [1.165, 1.54) is 20.1 Å². The first-order valence-electron chi connectivity index (χ1n) is 7.59. The molecule has 0 unspecified atom stereocenters. The second-order valence-corrected chi connectivity index (χ2v) is 5.71. The van der Waals surface area contributed by atoms with Crippen LogP contribution in [0.2, 0.25) is 0 Å². The third-order valence-electron chi connectivity index (χ3n) is 4.06. The summed E-state index contributed by atoms with van der Waals surface area (Å²) < 4.78 is 45.8. The molecule has 0 fully saturated rings. The highest BCUT2D eigenvalue weighted by Crippen LogP contribution is 2.40. The summed E-state index contributed by atoms with van der Waals surface area (Å²) in [6, 6.07) is 8.06. The summed E-state index contributed by atoms with van der Waals surface area (Å²) in [5, 5.41) is 12.8. The van der Waals surface area contributed by atoms with Crippen molar-refractivity contribution < 1.29 is 27.5 Å². The minimum atomic E-state index is -5.16. The average molecular weight is 367 g/mol. The van der Waals surface area contributed by atoms with Crippen molar-refractivity contribution in [3.63, 3.8) is 0 Å². The summed E-state index contributed by atoms with van der Waals surface area (Å²) in [4.78, 5) is 24.1. The van der Waals surface area contributed by atoms with Gasteiger partial charge in [0, 0.05) is 12.1 Å². The van der Waals surface area contributed by atoms with E-state index in [0.717, 1.165) is 0 Å². The smallest absolute Gasteiger partial charge is 0.425 e. The van der Waals surface area contributed by atoms with Crippen LogP contribution < -0.4 is 15.4 Å². The highest BCUT2D eigenvalue weighted by atomic mass is 19.4. The number of aryl methyl sites for hydroxylation is 1. The number of allylic oxidation sites excluding steroid dienone is 1. The van der Waals surface area contributed by atoms with Gasteiger partial charge in [0.15, 0.2) is 0 Å². The van der Waals surface area contributed by atoms with Gasteiger partial charge in [-0.3, -0.25) is 9.59 Å². The minimum absolute atomic E-state index is 0.163. The summed E-state index contributed by atoms with van der Waals surface area (Å²) >= 11 is 0. The van der Waals surface area contributed by atoms with E-state index < -0.39 is 29.1 Å². The van der Waals surface area contributed by atoms with Gasteiger partial charge in [-0.15, -0.1) is 0 Å². The van der Waals surface area contributed by atoms with Crippen LogP contribution in [0.25, 0.3) is 0 Å². The number of hydrogen-bond donors (Lipinski definition) is 2. The van der Waals surface area contributed by atoms with E-state index in [9.17, 15) is 22.8 Å². The molecule has 138 valence electrons. The van der Waals surface area contributed by atoms with Crippen LogP contribution in [-0.4, -0.2) is 30.6 Å². The molecule has 0 radical (unpaired) electrons. The Kier molecular flexibility index (Phi) is 5.25. The molecule has 1 aliphatic heterocycles. The number of nitriles is 1. The summed E-state index contributed by atoms with van der Waals surface area (Å²) in [6.45, 7) is 1.17. The van der Waals surface area contributed by atoms with Gasteiger partial charge in [0.2, 0.25) is 5.91 Å². The van der Waals surface area contributed by atoms with Crippen molar-refractivity contribution in [2.45, 2.75) is 31.5 Å². The van der Waals surface area contributed by atoms with Gasteiger partial charge < -0.3 is 15.4 Å². The Morgan fingerprint density at radius 3 is 2.46 bits per heavy atom. The van der Waals surface area contributed by atoms with E-state index in [1.807, 2.05) is 5.32 Å². The lowest BCUT2D eigenvalue weighted by Gasteiger charge is -2.30. The highest BCUT2D eigenvalue weighted by Gasteiger charge is 2.67. The molecule has 1 heterocycles. The van der Waals surface area contributed by atoms with Gasteiger partial charge >= 0.3 is 6.18 Å². The molecule has 0 aliphatic carbocycles. The number of benzene rings is 1. The molecule has 6 nitrogen and oxygen atoms in total. The molecule has 0 saturated heterocycles. The van der Waals surface area contributed by atoms with Crippen molar-refractivity contribution in [1.82, 2.24) is 10.6 Å². The number of carbonyl (C=O) groups excluding carboxylic acids is 2. The number of methoxy groups -OCH3 is 1. The predicted octanol–water partition coefficient (Wildman–Crippen LogP) is 1.97. The first-order valence-corrected chi connectivity index (χ1v) is 7.59. The van der Waals surface area contributed by atoms with Crippen molar-refractivity contribution in [2.24, 2.45) is 0 Å². The Morgan fingerprint density at radius 2 is 1.96 bits per heavy atom. The van der Waals surface area contributed by atoms with Gasteiger partial charge in [0.1, 0.15) is 5.75 Å². The maximum atomic E-state index is 13.6. The van der Waals surface area contributed by atoms with Crippen LogP contribution in [0.1, 0.15) is 18.9 Å². The number of rotatable bonds is 5. The van der Waals surface area contributed by atoms with E-state index in [4.69, 9.17) is 10.00 Å². The van der Waals surface area contributed by atoms with Gasteiger partial charge in [0.05, 0.1) is 18.8 Å². The number of alkyl halides is 3. The van der Waals surface area contributed by atoms with Crippen LogP contribution >= 0.6 is 0 Å². The molecule has 2 rings (SSSR count). The van der Waals surface area contributed by atoms with Gasteiger partial charge in [-0.2, -0.15) is 18.4 Å². The molecular weight excluding hydrogens is 351 g/mol. The summed E-state index contributed by atoms with van der Waals surface area (Å²) in [5.74, 6) is -1.87. The number of ether oxygens (including phenoxy) is 1. The Bertz CT molecular complexity index is 794. The van der Waals surface area contributed by atoms with Crippen LogP contribution in [0, 0.1) is 11.3 Å². The Balaban J connectivity index is 2.18. The van der Waals surface area contributed by atoms with Gasteiger partial charge in [-0.05, 0) is 31.0 Å². The largest absolute Gasteiger partial charge is 0.497 e. The lowest BCUT2D eigenvalue weighted by atomic mass is 9.90. The molecule has 0 bridgehead atoms. The van der Waals surface area contributed by atoms with Crippen LogP contribution in [0.15, 0.2) is 35.5 Å². The Labute approximate surface area is 147 Å². The third-order valence-corrected chi connectivity index (χ3v) is 4.06. The monoisotopic (exact) mass is 367 g/mol. The zero-order valence-electron chi connectivity index (χ0n) is 14.0. The van der Waals surface area contributed by atoms with Gasteiger partial charge in [-0.25, -0.2) is 0 Å². The van der Waals surface area contributed by atoms with Crippen molar-refractivity contribution in [3.05, 3.63) is 41.1 Å². The van der Waals surface area contributed by atoms with Gasteiger partial charge in [-0.1, -0.05) is 12.1 Å². The van der Waals surface area contributed by atoms with Crippen LogP contribution in [0.4, 0.5) is 13.2 Å². The van der Waals surface area contributed by atoms with Crippen molar-refractivity contribution >= 4 is 11.8 Å². The molecule has 9 heteroatoms. The number of halogens is 3. The van der Waals surface area contributed by atoms with E-state index >= 15 is 0 Å². The number of nitrogens with one attached hydrogen (secondary N) is 2. The number of hydrogen-bond acceptors (Lipinski definition) is 4. The summed E-state index contributed by atoms with van der Waals surface area (Å²) in [6.07, 6.45) is -5.28. The maximum absolute atomic E-state index is 13.6. The minimum Gasteiger partial charge on any atom is -0.497 e. The molecule has 2 N–H and O–H groups in total. The molecule has 0 aromatic heterocycles. The molecule has 1 aromatic rings. The average Bonchev–Trinajstić information content (AvgIpc) is 2.83. The predicted molar refractivity (Wildman–Crippen MR) is 84.7 cm³/mol. The summed E-state index contributed by atoms with van der Waals surface area (Å²) in [5.41, 5.74) is -3.73. The fourth-order valence-corrected chi connectivity index (χ4v) is 2.67. The first-order chi connectivity index (χ1) is 12.2. The second-order valence-electron chi connectivity index (χ2n) is 5.71. The van der Waals surface area contributed by atoms with Crippen LogP contribution in [0.5, 0.6) is 5.75 Å². The first kappa shape index (κ1) is 19.3. The molecule has 2 amide bonds. The van der Waals surface area contributed by atoms with Crippen molar-refractivity contribution in [3.8, 4) is 11.8 Å². The van der Waals surface area contributed by atoms with Gasteiger partial charge in [0.25, 0.3) is 11.4 Å². The number of nitrogens with zero attached hydrogens (tertiary/aromatic N) is 1. The highest BCUT2D eigenvalue weighted by molar-refractivity contribution is 6.00. The normalized spacial score (nSPS) is 19.8. The zero-order chi connectivity index (χ0) is 19.5. The lowest BCUT2D eigenvalue weighted by Crippen LogP contribution is -2.64. The van der Waals surface area contributed by atoms with E-state index in [-0.39, 0.29) is 18.5 Å². The Morgan fingerprint density at radius 1 is 1.35 bits per heavy atom. The molecule has 1 aromatic carbocycles. The maximum Gasteiger partial charge on any atom is 0.425 e. The molecule has 0 saturated carbocycles. The topological polar surface area (TPSA) is 91.2 Å². The van der Waals surface area contributed by atoms with Crippen LogP contribution in [-0.2, 0) is 16.0 Å². The Hall–Kier alpha value is -3.02. The molecule has 26 heavy (non-hydrogen) atoms. The van der Waals surface area contributed by atoms with Crippen molar-refractivity contribution in [2.75, 3.05) is 7.11 Å². The second kappa shape index (κ2) is 7.07. The fourth-order valence-electron chi connectivity index (χ4n) is 2.67. The molecule has 1 aliphatic rings. The van der Waals surface area contributed by atoms with E-state index in [0.29, 0.717) is 11.3 Å². The third kappa shape index (κ3) is 3.35. The molecule has 1 atom stereocenters. The SMILES string of the molecule is COc1ccc(CCC(=O)N[C@]2(C(F)(F)F)C(=O)NC(C)=C2C#N)cc1. The zero-order valence-corrected chi connectivity index (χ0v) is 14.0. The van der Waals surface area contributed by atoms with Crippen LogP contribution in [0.3, 0.4) is 0 Å². The fraction of sp³-hybridized carbons (Fsp3) is 0.353. The number of carbonyl (C=O) groups is 2. The quantitative estimate of drug-likeness (QED) is 0.833. The number of amides is 2. The van der Waals surface area contributed by atoms with E-state index in [2.05, 4.69) is 0 Å². The molecular formula is C17H16F3N3O3. The standard InChI is InChI=1S/C17H16F3N3O3/c1-10-13(9-21)16(15(25)22-10,17(18,19)20)23-14(24)8-5-11-3-6-12(26-2)7-4-11/h3-4,6-7H,5,8H2,1-2H3,(H,22,25)(H,23,24)/t16-/m0/s1. The van der Waals surface area contributed by atoms with E-state index in [1.54, 1.807) is 29.6 Å². The summed E-state index contributed by atoms with van der Waals surface area (Å²) in [7, 11) is 1.49. The lowest BCUT2D eigenvalue weighted by molar-refractivity contribution is -0.189.